The third kappa shape index (κ3) is 1.94. The molecule has 6 heteroatoms. The van der Waals surface area contributed by atoms with Crippen molar-refractivity contribution in [3.05, 3.63) is 22.5 Å². The Hall–Kier alpha value is -1.10. The summed E-state index contributed by atoms with van der Waals surface area (Å²) in [7, 11) is 0. The van der Waals surface area contributed by atoms with Crippen LogP contribution in [0.25, 0.3) is 0 Å². The van der Waals surface area contributed by atoms with Crippen LogP contribution in [0.4, 0.5) is 5.95 Å². The lowest BCUT2D eigenvalue weighted by atomic mass is 10.6. The largest absolute Gasteiger partial charge is 0.435 e. The maximum atomic E-state index is 10.3. The molecule has 0 N–H and O–H groups in total. The second-order valence-corrected chi connectivity index (χ2v) is 2.42. The molecule has 62 valence electrons. The predicted molar refractivity (Wildman–Crippen MR) is 50.7 cm³/mol. The van der Waals surface area contributed by atoms with E-state index in [-0.39, 0.29) is 5.95 Å². The Morgan fingerprint density at radius 1 is 1.83 bits per heavy atom. The highest BCUT2D eigenvalue weighted by Gasteiger charge is 2.11. The molecule has 0 saturated heterocycles. The first kappa shape index (κ1) is 8.99. The smallest absolute Gasteiger partial charge is 0.390 e. The Morgan fingerprint density at radius 2 is 2.58 bits per heavy atom. The van der Waals surface area contributed by atoms with E-state index in [1.165, 1.54) is 17.0 Å². The number of halogens is 1. The van der Waals surface area contributed by atoms with Gasteiger partial charge in [-0.25, -0.2) is 4.57 Å². The van der Waals surface area contributed by atoms with Gasteiger partial charge in [-0.2, -0.15) is 0 Å². The van der Waals surface area contributed by atoms with Crippen LogP contribution in [0.2, 0.25) is 0 Å². The molecule has 1 rings (SSSR count). The number of imidazole rings is 1. The quantitative estimate of drug-likeness (QED) is 0.353. The van der Waals surface area contributed by atoms with Crippen molar-refractivity contribution >= 4 is 28.5 Å². The number of aromatic nitrogens is 2. The zero-order valence-electron chi connectivity index (χ0n) is 5.90. The summed E-state index contributed by atoms with van der Waals surface area (Å²) >= 11 is 1.88. The van der Waals surface area contributed by atoms with Gasteiger partial charge in [0.2, 0.25) is 0 Å². The van der Waals surface area contributed by atoms with Gasteiger partial charge in [0.25, 0.3) is 0 Å². The van der Waals surface area contributed by atoms with Gasteiger partial charge in [-0.3, -0.25) is 0 Å². The van der Waals surface area contributed by atoms with E-state index in [1.807, 2.05) is 22.6 Å². The second kappa shape index (κ2) is 4.06. The Bertz CT molecular complexity index is 349. The van der Waals surface area contributed by atoms with Gasteiger partial charge in [-0.05, 0) is 8.85 Å². The lowest BCUT2D eigenvalue weighted by molar-refractivity contribution is -0.396. The van der Waals surface area contributed by atoms with E-state index in [4.69, 9.17) is 0 Å². The highest BCUT2D eigenvalue weighted by Crippen LogP contribution is 2.05. The highest BCUT2D eigenvalue weighted by atomic mass is 127. The first-order chi connectivity index (χ1) is 5.75. The van der Waals surface area contributed by atoms with E-state index in [2.05, 4.69) is 14.8 Å². The van der Waals surface area contributed by atoms with Crippen LogP contribution >= 0.6 is 22.6 Å². The molecule has 0 unspecified atom stereocenters. The molecular weight excluding hydrogens is 273 g/mol. The summed E-state index contributed by atoms with van der Waals surface area (Å²) in [5, 5.41) is 10.3. The summed E-state index contributed by atoms with van der Waals surface area (Å²) in [5.41, 5.74) is 0. The lowest BCUT2D eigenvalue weighted by Crippen LogP contribution is -2.01. The first-order valence-corrected chi connectivity index (χ1v) is 4.07. The molecule has 0 aliphatic rings. The van der Waals surface area contributed by atoms with Gasteiger partial charge in [0, 0.05) is 22.6 Å². The molecule has 0 aliphatic heterocycles. The average Bonchev–Trinajstić information content (AvgIpc) is 2.48. The first-order valence-electron chi connectivity index (χ1n) is 2.99. The molecular formula is C6H4IN3O2. The van der Waals surface area contributed by atoms with Crippen LogP contribution in [0.1, 0.15) is 0 Å². The van der Waals surface area contributed by atoms with Crippen molar-refractivity contribution in [1.82, 2.24) is 9.55 Å². The van der Waals surface area contributed by atoms with Crippen LogP contribution in [-0.2, 0) is 6.54 Å². The minimum absolute atomic E-state index is 0.172. The van der Waals surface area contributed by atoms with E-state index >= 15 is 0 Å². The predicted octanol–water partition coefficient (Wildman–Crippen LogP) is 1.19. The average molecular weight is 277 g/mol. The highest BCUT2D eigenvalue weighted by molar-refractivity contribution is 14.1. The molecule has 0 atom stereocenters. The van der Waals surface area contributed by atoms with E-state index in [1.54, 1.807) is 0 Å². The zero-order chi connectivity index (χ0) is 8.97. The number of nitro groups is 1. The molecule has 0 amide bonds. The van der Waals surface area contributed by atoms with Crippen LogP contribution in [0.3, 0.4) is 0 Å². The Balaban J connectivity index is 2.89. The van der Waals surface area contributed by atoms with Crippen molar-refractivity contribution in [3.63, 3.8) is 0 Å². The molecule has 12 heavy (non-hydrogen) atoms. The van der Waals surface area contributed by atoms with Crippen molar-refractivity contribution in [3.8, 4) is 9.85 Å². The van der Waals surface area contributed by atoms with Gasteiger partial charge in [-0.15, -0.1) is 0 Å². The third-order valence-corrected chi connectivity index (χ3v) is 1.55. The van der Waals surface area contributed by atoms with E-state index < -0.39 is 4.92 Å². The molecule has 1 heterocycles. The molecule has 1 aromatic rings. The SMILES string of the molecule is O=[N+]([O-])c1nccn1CC#CI. The zero-order valence-corrected chi connectivity index (χ0v) is 8.06. The summed E-state index contributed by atoms with van der Waals surface area (Å²) in [6.45, 7) is 0.305. The molecule has 0 aromatic carbocycles. The number of hydrogen-bond donors (Lipinski definition) is 0. The van der Waals surface area contributed by atoms with Crippen LogP contribution in [0.5, 0.6) is 0 Å². The minimum atomic E-state index is -0.533. The van der Waals surface area contributed by atoms with Gasteiger partial charge in [0.05, 0.1) is 0 Å². The Kier molecular flexibility index (Phi) is 3.04. The fourth-order valence-corrected chi connectivity index (χ4v) is 0.882. The summed E-state index contributed by atoms with van der Waals surface area (Å²) in [6.07, 6.45) is 2.91. The lowest BCUT2D eigenvalue weighted by Gasteiger charge is -1.94. The fourth-order valence-electron chi connectivity index (χ4n) is 0.712. The fraction of sp³-hybridized carbons (Fsp3) is 0.167. The van der Waals surface area contributed by atoms with Crippen molar-refractivity contribution in [1.29, 1.82) is 0 Å². The van der Waals surface area contributed by atoms with Gasteiger partial charge in [0.15, 0.2) is 0 Å². The molecule has 1 aromatic heterocycles. The molecule has 0 spiro atoms. The Morgan fingerprint density at radius 3 is 3.17 bits per heavy atom. The van der Waals surface area contributed by atoms with Gasteiger partial charge in [-0.1, -0.05) is 10.9 Å². The molecule has 0 saturated carbocycles. The summed E-state index contributed by atoms with van der Waals surface area (Å²) in [4.78, 5) is 13.3. The molecule has 5 nitrogen and oxygen atoms in total. The van der Waals surface area contributed by atoms with Crippen molar-refractivity contribution in [2.24, 2.45) is 0 Å². The maximum Gasteiger partial charge on any atom is 0.435 e. The van der Waals surface area contributed by atoms with E-state index in [0.29, 0.717) is 6.54 Å². The minimum Gasteiger partial charge on any atom is -0.390 e. The topological polar surface area (TPSA) is 61.0 Å². The standard InChI is InChI=1S/C6H4IN3O2/c7-2-1-4-9-5-3-8-6(9)10(11)12/h3,5H,4H2. The molecule has 0 aliphatic carbocycles. The van der Waals surface area contributed by atoms with Crippen molar-refractivity contribution in [2.75, 3.05) is 0 Å². The Labute approximate surface area is 82.1 Å². The monoisotopic (exact) mass is 277 g/mol. The van der Waals surface area contributed by atoms with Gasteiger partial charge in [0.1, 0.15) is 18.9 Å². The van der Waals surface area contributed by atoms with Crippen LogP contribution in [0.15, 0.2) is 12.4 Å². The van der Waals surface area contributed by atoms with Crippen molar-refractivity contribution < 1.29 is 4.92 Å². The van der Waals surface area contributed by atoms with Crippen LogP contribution in [0, 0.1) is 20.0 Å². The molecule has 0 radical (unpaired) electrons. The maximum absolute atomic E-state index is 10.3. The second-order valence-electron chi connectivity index (χ2n) is 1.88. The summed E-state index contributed by atoms with van der Waals surface area (Å²) < 4.78 is 4.00. The number of nitrogens with zero attached hydrogens (tertiary/aromatic N) is 3. The number of rotatable bonds is 2. The summed E-state index contributed by atoms with van der Waals surface area (Å²) in [6, 6.07) is 0. The molecule has 0 bridgehead atoms. The van der Waals surface area contributed by atoms with Gasteiger partial charge < -0.3 is 10.1 Å². The van der Waals surface area contributed by atoms with Gasteiger partial charge >= 0.3 is 5.95 Å². The third-order valence-electron chi connectivity index (χ3n) is 1.17. The van der Waals surface area contributed by atoms with Crippen LogP contribution < -0.4 is 0 Å². The molecule has 0 fully saturated rings. The van der Waals surface area contributed by atoms with E-state index in [9.17, 15) is 10.1 Å². The van der Waals surface area contributed by atoms with Crippen LogP contribution in [-0.4, -0.2) is 14.5 Å². The number of hydrogen-bond acceptors (Lipinski definition) is 3. The normalized spacial score (nSPS) is 8.75. The summed E-state index contributed by atoms with van der Waals surface area (Å²) in [5.74, 6) is 2.53. The van der Waals surface area contributed by atoms with Crippen molar-refractivity contribution in [2.45, 2.75) is 6.54 Å². The van der Waals surface area contributed by atoms with E-state index in [0.717, 1.165) is 0 Å².